The van der Waals surface area contributed by atoms with E-state index >= 15 is 0 Å². The van der Waals surface area contributed by atoms with Crippen LogP contribution in [0.5, 0.6) is 0 Å². The zero-order valence-corrected chi connectivity index (χ0v) is 10.9. The molecular formula is C11H15N3O3S. The molecule has 0 aliphatic heterocycles. The normalized spacial score (nSPS) is 22.9. The number of nitrogens with one attached hydrogen (secondary N) is 1. The van der Waals surface area contributed by atoms with Crippen molar-refractivity contribution in [3.8, 4) is 0 Å². The van der Waals surface area contributed by atoms with Crippen LogP contribution >= 0.6 is 11.5 Å². The average Bonchev–Trinajstić information content (AvgIpc) is 2.96. The first-order valence-electron chi connectivity index (χ1n) is 5.98. The number of aryl methyl sites for hydroxylation is 1. The van der Waals surface area contributed by atoms with Crippen LogP contribution in [0.15, 0.2) is 0 Å². The van der Waals surface area contributed by atoms with Gasteiger partial charge in [-0.3, -0.25) is 9.59 Å². The van der Waals surface area contributed by atoms with Crippen LogP contribution in [0.3, 0.4) is 0 Å². The van der Waals surface area contributed by atoms with Gasteiger partial charge in [-0.05, 0) is 30.8 Å². The van der Waals surface area contributed by atoms with Gasteiger partial charge in [0.05, 0.1) is 11.6 Å². The number of aromatic nitrogens is 2. The van der Waals surface area contributed by atoms with E-state index in [0.717, 1.165) is 24.4 Å². The summed E-state index contributed by atoms with van der Waals surface area (Å²) in [4.78, 5) is 23.6. The lowest BCUT2D eigenvalue weighted by atomic mass is 10.0. The lowest BCUT2D eigenvalue weighted by molar-refractivity contribution is -0.142. The van der Waals surface area contributed by atoms with E-state index in [-0.39, 0.29) is 11.9 Å². The predicted octanol–water partition coefficient (Wildman–Crippen LogP) is 1.08. The highest BCUT2D eigenvalue weighted by Gasteiger charge is 2.34. The summed E-state index contributed by atoms with van der Waals surface area (Å²) < 4.78 is 3.76. The van der Waals surface area contributed by atoms with E-state index in [1.54, 1.807) is 0 Å². The molecule has 0 spiro atoms. The van der Waals surface area contributed by atoms with E-state index in [1.165, 1.54) is 0 Å². The summed E-state index contributed by atoms with van der Waals surface area (Å²) in [5.41, 5.74) is 0.669. The molecule has 7 heteroatoms. The highest BCUT2D eigenvalue weighted by Crippen LogP contribution is 2.26. The third-order valence-electron chi connectivity index (χ3n) is 3.25. The van der Waals surface area contributed by atoms with E-state index in [4.69, 9.17) is 5.11 Å². The van der Waals surface area contributed by atoms with E-state index < -0.39 is 11.9 Å². The largest absolute Gasteiger partial charge is 0.481 e. The van der Waals surface area contributed by atoms with Crippen molar-refractivity contribution in [1.29, 1.82) is 0 Å². The number of amides is 1. The zero-order chi connectivity index (χ0) is 13.1. The van der Waals surface area contributed by atoms with Crippen molar-refractivity contribution < 1.29 is 14.7 Å². The van der Waals surface area contributed by atoms with Gasteiger partial charge in [-0.1, -0.05) is 17.8 Å². The predicted molar refractivity (Wildman–Crippen MR) is 65.5 cm³/mol. The van der Waals surface area contributed by atoms with Crippen LogP contribution in [-0.2, 0) is 11.2 Å². The van der Waals surface area contributed by atoms with E-state index in [0.29, 0.717) is 23.4 Å². The van der Waals surface area contributed by atoms with Crippen LogP contribution in [0.4, 0.5) is 0 Å². The quantitative estimate of drug-likeness (QED) is 0.853. The maximum absolute atomic E-state index is 12.0. The molecule has 0 radical (unpaired) electrons. The summed E-state index contributed by atoms with van der Waals surface area (Å²) >= 11 is 1.05. The van der Waals surface area contributed by atoms with E-state index in [1.807, 2.05) is 6.92 Å². The number of rotatable bonds is 4. The summed E-state index contributed by atoms with van der Waals surface area (Å²) in [6.07, 6.45) is 2.83. The van der Waals surface area contributed by atoms with Crippen molar-refractivity contribution in [3.05, 3.63) is 10.6 Å². The molecule has 1 aliphatic rings. The number of carbonyl (C=O) groups excluding carboxylic acids is 1. The topological polar surface area (TPSA) is 92.2 Å². The highest BCUT2D eigenvalue weighted by atomic mass is 32.1. The van der Waals surface area contributed by atoms with Crippen molar-refractivity contribution in [2.75, 3.05) is 0 Å². The van der Waals surface area contributed by atoms with Crippen molar-refractivity contribution in [1.82, 2.24) is 14.9 Å². The van der Waals surface area contributed by atoms with Gasteiger partial charge >= 0.3 is 5.97 Å². The molecule has 0 aromatic carbocycles. The molecule has 2 rings (SSSR count). The third-order valence-corrected chi connectivity index (χ3v) is 4.01. The summed E-state index contributed by atoms with van der Waals surface area (Å²) in [5, 5.41) is 15.7. The van der Waals surface area contributed by atoms with Gasteiger partial charge in [0.2, 0.25) is 0 Å². The second-order valence-electron chi connectivity index (χ2n) is 4.36. The second kappa shape index (κ2) is 5.43. The Hall–Kier alpha value is -1.50. The molecule has 1 aromatic heterocycles. The van der Waals surface area contributed by atoms with Gasteiger partial charge in [-0.25, -0.2) is 0 Å². The summed E-state index contributed by atoms with van der Waals surface area (Å²) in [6, 6.07) is -0.276. The molecule has 1 amide bonds. The zero-order valence-electron chi connectivity index (χ0n) is 10.0. The Morgan fingerprint density at radius 2 is 2.28 bits per heavy atom. The molecule has 1 aliphatic carbocycles. The number of hydrogen-bond donors (Lipinski definition) is 2. The fraction of sp³-hybridized carbons (Fsp3) is 0.636. The van der Waals surface area contributed by atoms with Crippen molar-refractivity contribution in [2.24, 2.45) is 5.92 Å². The molecule has 0 bridgehead atoms. The van der Waals surface area contributed by atoms with Crippen LogP contribution in [0.25, 0.3) is 0 Å². The molecule has 1 aromatic rings. The first-order chi connectivity index (χ1) is 8.63. The third kappa shape index (κ3) is 2.50. The minimum atomic E-state index is -0.837. The van der Waals surface area contributed by atoms with Gasteiger partial charge in [-0.15, -0.1) is 5.10 Å². The number of carboxylic acid groups (broad SMARTS) is 1. The van der Waals surface area contributed by atoms with E-state index in [2.05, 4.69) is 14.9 Å². The summed E-state index contributed by atoms with van der Waals surface area (Å²) in [5.74, 6) is -1.56. The van der Waals surface area contributed by atoms with Crippen molar-refractivity contribution in [2.45, 2.75) is 38.6 Å². The highest BCUT2D eigenvalue weighted by molar-refractivity contribution is 7.08. The number of aliphatic carboxylic acids is 1. The molecule has 6 nitrogen and oxygen atoms in total. The Morgan fingerprint density at radius 1 is 1.50 bits per heavy atom. The molecule has 2 N–H and O–H groups in total. The molecule has 1 fully saturated rings. The number of hydrogen-bond acceptors (Lipinski definition) is 5. The van der Waals surface area contributed by atoms with Gasteiger partial charge in [0.1, 0.15) is 4.88 Å². The maximum Gasteiger partial charge on any atom is 0.308 e. The molecule has 2 atom stereocenters. The van der Waals surface area contributed by atoms with Gasteiger partial charge in [0.25, 0.3) is 5.91 Å². The molecular weight excluding hydrogens is 254 g/mol. The summed E-state index contributed by atoms with van der Waals surface area (Å²) in [7, 11) is 0. The first-order valence-corrected chi connectivity index (χ1v) is 6.75. The Morgan fingerprint density at radius 3 is 2.94 bits per heavy atom. The minimum absolute atomic E-state index is 0.250. The SMILES string of the molecule is CCc1nnsc1C(=O)N[C@@H]1CCC[C@@H]1C(=O)O. The van der Waals surface area contributed by atoms with Gasteiger partial charge < -0.3 is 10.4 Å². The Balaban J connectivity index is 2.05. The van der Waals surface area contributed by atoms with Crippen LogP contribution < -0.4 is 5.32 Å². The maximum atomic E-state index is 12.0. The lowest BCUT2D eigenvalue weighted by Gasteiger charge is -2.16. The fourth-order valence-electron chi connectivity index (χ4n) is 2.27. The molecule has 0 unspecified atom stereocenters. The van der Waals surface area contributed by atoms with Gasteiger partial charge in [-0.2, -0.15) is 0 Å². The van der Waals surface area contributed by atoms with Crippen molar-refractivity contribution in [3.63, 3.8) is 0 Å². The van der Waals surface area contributed by atoms with Gasteiger partial charge in [0, 0.05) is 6.04 Å². The Bertz CT molecular complexity index is 460. The van der Waals surface area contributed by atoms with Crippen molar-refractivity contribution >= 4 is 23.4 Å². The minimum Gasteiger partial charge on any atom is -0.481 e. The van der Waals surface area contributed by atoms with E-state index in [9.17, 15) is 9.59 Å². The monoisotopic (exact) mass is 269 g/mol. The summed E-state index contributed by atoms with van der Waals surface area (Å²) in [6.45, 7) is 1.91. The molecule has 1 heterocycles. The van der Waals surface area contributed by atoms with Crippen LogP contribution in [0.1, 0.15) is 41.6 Å². The second-order valence-corrected chi connectivity index (χ2v) is 5.11. The molecule has 98 valence electrons. The number of nitrogens with zero attached hydrogens (tertiary/aromatic N) is 2. The van der Waals surface area contributed by atoms with Crippen LogP contribution in [-0.4, -0.2) is 32.6 Å². The lowest BCUT2D eigenvalue weighted by Crippen LogP contribution is -2.40. The standard InChI is InChI=1S/C11H15N3O3S/c1-2-7-9(18-14-13-7)10(15)12-8-5-3-4-6(8)11(16)17/h6,8H,2-5H2,1H3,(H,12,15)(H,16,17)/t6-,8+/m0/s1. The van der Waals surface area contributed by atoms with Crippen LogP contribution in [0.2, 0.25) is 0 Å². The smallest absolute Gasteiger partial charge is 0.308 e. The number of carbonyl (C=O) groups is 2. The van der Waals surface area contributed by atoms with Crippen LogP contribution in [0, 0.1) is 5.92 Å². The Kier molecular flexibility index (Phi) is 3.90. The first kappa shape index (κ1) is 12.9. The molecule has 1 saturated carbocycles. The molecule has 18 heavy (non-hydrogen) atoms. The Labute approximate surface area is 109 Å². The van der Waals surface area contributed by atoms with Gasteiger partial charge in [0.15, 0.2) is 0 Å². The number of carboxylic acids is 1. The average molecular weight is 269 g/mol. The molecule has 0 saturated heterocycles. The fourth-order valence-corrected chi connectivity index (χ4v) is 2.93.